The standard InChI is InChI=1S/C39H40BrFN4O5Si/c1-25-36(51(2,3)41)34(22-35(47)43(18-19-46)23-26-10-5-4-6-11-26)50-39(25)31-21-28(40)16-17-33(31)44(38(39)49)24-27-12-9-13-29(20-27)45-37(48)30-14-7-8-15-32(30)42-45/h4-17,20-21,25,34,36,42,46H,18-19,22-24H2,1-3H3/t25-,34+,36-,39+/m0/s1. The second-order valence-corrected chi connectivity index (χ2v) is 18.7. The van der Waals surface area contributed by atoms with Gasteiger partial charge >= 0.3 is 0 Å². The molecule has 3 heterocycles. The van der Waals surface area contributed by atoms with E-state index in [0.717, 1.165) is 21.1 Å². The number of ether oxygens (including phenoxy) is 1. The van der Waals surface area contributed by atoms with Crippen LogP contribution >= 0.6 is 15.9 Å². The fourth-order valence-corrected chi connectivity index (χ4v) is 11.0. The molecule has 2 N–H and O–H groups in total. The van der Waals surface area contributed by atoms with Gasteiger partial charge < -0.3 is 23.8 Å². The van der Waals surface area contributed by atoms with Gasteiger partial charge in [-0.2, -0.15) is 0 Å². The molecule has 1 fully saturated rings. The highest BCUT2D eigenvalue weighted by Crippen LogP contribution is 2.60. The first-order valence-electron chi connectivity index (χ1n) is 17.1. The number of nitrogens with zero attached hydrogens (tertiary/aromatic N) is 3. The number of aromatic amines is 1. The third-order valence-corrected chi connectivity index (χ3v) is 13.3. The topological polar surface area (TPSA) is 108 Å². The molecule has 0 unspecified atom stereocenters. The van der Waals surface area contributed by atoms with Crippen molar-refractivity contribution in [3.05, 3.63) is 129 Å². The predicted octanol–water partition coefficient (Wildman–Crippen LogP) is 6.81. The summed E-state index contributed by atoms with van der Waals surface area (Å²) in [6.07, 6.45) is -0.980. The van der Waals surface area contributed by atoms with E-state index >= 15 is 4.11 Å². The van der Waals surface area contributed by atoms with Crippen LogP contribution in [0.4, 0.5) is 9.80 Å². The number of H-pyrrole nitrogens is 1. The number of hydrogen-bond acceptors (Lipinski definition) is 5. The number of aromatic nitrogens is 2. The Hall–Kier alpha value is -4.36. The van der Waals surface area contributed by atoms with E-state index in [9.17, 15) is 19.5 Å². The van der Waals surface area contributed by atoms with E-state index < -0.39 is 31.6 Å². The number of benzene rings is 4. The smallest absolute Gasteiger partial charge is 0.279 e. The molecule has 1 spiro atoms. The van der Waals surface area contributed by atoms with Gasteiger partial charge in [-0.3, -0.25) is 19.5 Å². The lowest BCUT2D eigenvalue weighted by Gasteiger charge is -2.31. The number of aliphatic hydroxyl groups excluding tert-OH is 1. The highest BCUT2D eigenvalue weighted by molar-refractivity contribution is 9.10. The largest absolute Gasteiger partial charge is 0.395 e. The molecule has 4 atom stereocenters. The first-order chi connectivity index (χ1) is 24.4. The van der Waals surface area contributed by atoms with Crippen LogP contribution in [-0.4, -0.2) is 59.3 Å². The molecule has 0 radical (unpaired) electrons. The Morgan fingerprint density at radius 3 is 2.45 bits per heavy atom. The maximum Gasteiger partial charge on any atom is 0.279 e. The van der Waals surface area contributed by atoms with Crippen LogP contribution in [0.25, 0.3) is 16.6 Å². The number of nitrogens with one attached hydrogen (secondary N) is 1. The summed E-state index contributed by atoms with van der Waals surface area (Å²) in [4.78, 5) is 45.2. The van der Waals surface area contributed by atoms with Crippen molar-refractivity contribution in [3.8, 4) is 5.69 Å². The number of halogens is 2. The minimum Gasteiger partial charge on any atom is -0.395 e. The highest BCUT2D eigenvalue weighted by atomic mass is 79.9. The average Bonchev–Trinajstić information content (AvgIpc) is 3.68. The molecule has 12 heteroatoms. The molecule has 2 aliphatic heterocycles. The number of aliphatic hydroxyl groups is 1. The van der Waals surface area contributed by atoms with Crippen LogP contribution < -0.4 is 10.5 Å². The monoisotopic (exact) mass is 770 g/mol. The Morgan fingerprint density at radius 2 is 1.73 bits per heavy atom. The van der Waals surface area contributed by atoms with Gasteiger partial charge in [0.25, 0.3) is 11.5 Å². The molecule has 9 nitrogen and oxygen atoms in total. The number of carbonyl (C=O) groups excluding carboxylic acids is 2. The normalized spacial score (nSPS) is 21.5. The summed E-state index contributed by atoms with van der Waals surface area (Å²) in [5.74, 6) is -1.17. The van der Waals surface area contributed by atoms with Crippen molar-refractivity contribution in [2.45, 2.75) is 56.8 Å². The Morgan fingerprint density at radius 1 is 1.00 bits per heavy atom. The quantitative estimate of drug-likeness (QED) is 0.120. The molecule has 0 bridgehead atoms. The van der Waals surface area contributed by atoms with E-state index in [1.807, 2.05) is 97.9 Å². The van der Waals surface area contributed by atoms with Crippen LogP contribution in [0.3, 0.4) is 0 Å². The minimum absolute atomic E-state index is 0.119. The summed E-state index contributed by atoms with van der Waals surface area (Å²) in [5.41, 5.74) is 1.97. The fourth-order valence-electron chi connectivity index (χ4n) is 8.11. The highest BCUT2D eigenvalue weighted by Gasteiger charge is 2.67. The summed E-state index contributed by atoms with van der Waals surface area (Å²) in [5, 5.41) is 13.6. The van der Waals surface area contributed by atoms with E-state index in [4.69, 9.17) is 4.74 Å². The third-order valence-electron chi connectivity index (χ3n) is 10.3. The van der Waals surface area contributed by atoms with Gasteiger partial charge in [-0.15, -0.1) is 0 Å². The summed E-state index contributed by atoms with van der Waals surface area (Å²) in [6.45, 7) is 5.46. The van der Waals surface area contributed by atoms with Gasteiger partial charge in [0, 0.05) is 34.6 Å². The van der Waals surface area contributed by atoms with Gasteiger partial charge in [0.2, 0.25) is 14.3 Å². The zero-order chi connectivity index (χ0) is 36.1. The number of para-hydroxylation sites is 1. The van der Waals surface area contributed by atoms with Gasteiger partial charge in [-0.1, -0.05) is 77.5 Å². The van der Waals surface area contributed by atoms with Gasteiger partial charge in [-0.25, -0.2) is 4.68 Å². The van der Waals surface area contributed by atoms with Crippen molar-refractivity contribution in [3.63, 3.8) is 0 Å². The summed E-state index contributed by atoms with van der Waals surface area (Å²) >= 11 is 3.59. The molecule has 0 saturated carbocycles. The number of hydrogen-bond donors (Lipinski definition) is 2. The number of carbonyl (C=O) groups is 2. The van der Waals surface area contributed by atoms with Crippen molar-refractivity contribution in [1.82, 2.24) is 14.7 Å². The molecule has 1 aromatic heterocycles. The number of anilines is 1. The summed E-state index contributed by atoms with van der Waals surface area (Å²) < 4.78 is 25.5. The Balaban J connectivity index is 1.22. The van der Waals surface area contributed by atoms with E-state index in [0.29, 0.717) is 28.9 Å². The van der Waals surface area contributed by atoms with Crippen molar-refractivity contribution in [1.29, 1.82) is 0 Å². The van der Waals surface area contributed by atoms with Crippen LogP contribution in [0, 0.1) is 5.92 Å². The van der Waals surface area contributed by atoms with E-state index in [-0.39, 0.29) is 43.5 Å². The van der Waals surface area contributed by atoms with Gasteiger partial charge in [0.1, 0.15) is 0 Å². The van der Waals surface area contributed by atoms with Gasteiger partial charge in [-0.05, 0) is 66.7 Å². The molecule has 5 aromatic rings. The van der Waals surface area contributed by atoms with Crippen LogP contribution in [0.5, 0.6) is 0 Å². The molecule has 264 valence electrons. The summed E-state index contributed by atoms with van der Waals surface area (Å²) in [7, 11) is -3.53. The lowest BCUT2D eigenvalue weighted by atomic mass is 9.82. The van der Waals surface area contributed by atoms with E-state index in [1.54, 1.807) is 29.0 Å². The van der Waals surface area contributed by atoms with Crippen molar-refractivity contribution >= 4 is 52.7 Å². The molecule has 0 aliphatic carbocycles. The molecule has 2 amide bonds. The molecule has 51 heavy (non-hydrogen) atoms. The second kappa shape index (κ2) is 13.6. The lowest BCUT2D eigenvalue weighted by Crippen LogP contribution is -2.45. The van der Waals surface area contributed by atoms with Crippen LogP contribution in [0.15, 0.2) is 106 Å². The maximum absolute atomic E-state index is 16.4. The Bertz CT molecular complexity index is 2170. The van der Waals surface area contributed by atoms with E-state index in [1.165, 1.54) is 4.68 Å². The molecular formula is C39H40BrFN4O5Si. The van der Waals surface area contributed by atoms with Crippen LogP contribution in [0.2, 0.25) is 18.6 Å². The average molecular weight is 772 g/mol. The number of rotatable bonds is 10. The van der Waals surface area contributed by atoms with Crippen molar-refractivity contribution < 1.29 is 23.5 Å². The van der Waals surface area contributed by atoms with Gasteiger partial charge in [0.05, 0.1) is 48.0 Å². The third kappa shape index (κ3) is 6.28. The predicted molar refractivity (Wildman–Crippen MR) is 201 cm³/mol. The Kier molecular flexibility index (Phi) is 9.38. The Labute approximate surface area is 304 Å². The summed E-state index contributed by atoms with van der Waals surface area (Å²) in [6, 6.07) is 29.9. The molecule has 7 rings (SSSR count). The molecule has 2 aliphatic rings. The van der Waals surface area contributed by atoms with Crippen LogP contribution in [-0.2, 0) is 33.0 Å². The number of amides is 2. The number of fused-ring (bicyclic) bond motifs is 3. The second-order valence-electron chi connectivity index (χ2n) is 14.0. The van der Waals surface area contributed by atoms with Crippen molar-refractivity contribution in [2.75, 3.05) is 18.1 Å². The van der Waals surface area contributed by atoms with Crippen molar-refractivity contribution in [2.24, 2.45) is 5.92 Å². The first kappa shape index (κ1) is 35.1. The molecule has 4 aromatic carbocycles. The fraction of sp³-hybridized carbons (Fsp3) is 0.308. The zero-order valence-electron chi connectivity index (χ0n) is 28.7. The SMILES string of the molecule is C[C@H]1[C@H]([Si](C)(C)F)[C@@H](CC(=O)N(CCO)Cc2ccccc2)O[C@]12C(=O)N(Cc1cccc(-n3[nH]c4ccccc4c3=O)c1)c1ccc(Br)cc12. The zero-order valence-corrected chi connectivity index (χ0v) is 31.3. The minimum atomic E-state index is -3.53. The molecular weight excluding hydrogens is 731 g/mol. The van der Waals surface area contributed by atoms with Crippen LogP contribution in [0.1, 0.15) is 30.0 Å². The first-order valence-corrected chi connectivity index (χ1v) is 20.9. The van der Waals surface area contributed by atoms with E-state index in [2.05, 4.69) is 21.0 Å². The van der Waals surface area contributed by atoms with Gasteiger partial charge in [0.15, 0.2) is 5.60 Å². The molecule has 1 saturated heterocycles. The lowest BCUT2D eigenvalue weighted by molar-refractivity contribution is -0.150. The maximum atomic E-state index is 16.4.